The summed E-state index contributed by atoms with van der Waals surface area (Å²) in [6, 6.07) is 6.03. The number of hydrogen-bond donors (Lipinski definition) is 0. The third-order valence-corrected chi connectivity index (χ3v) is 2.42. The van der Waals surface area contributed by atoms with Crippen molar-refractivity contribution in [2.24, 2.45) is 0 Å². The van der Waals surface area contributed by atoms with Gasteiger partial charge in [0.15, 0.2) is 0 Å². The van der Waals surface area contributed by atoms with Gasteiger partial charge >= 0.3 is 0 Å². The van der Waals surface area contributed by atoms with Crippen molar-refractivity contribution in [1.82, 2.24) is 4.98 Å². The standard InChI is InChI=1S/C9H13NS.BrH/c1-2-3-8-11-9-6-4-5-7-10-9;/h4-7H,2-3,8H2,1H3;1H. The molecule has 1 aromatic rings. The fourth-order valence-corrected chi connectivity index (χ4v) is 1.71. The topological polar surface area (TPSA) is 12.9 Å². The molecule has 3 heteroatoms. The Morgan fingerprint density at radius 1 is 1.42 bits per heavy atom. The van der Waals surface area contributed by atoms with Crippen LogP contribution in [0.25, 0.3) is 0 Å². The Morgan fingerprint density at radius 2 is 2.25 bits per heavy atom. The van der Waals surface area contributed by atoms with E-state index in [0.717, 1.165) is 5.03 Å². The largest absolute Gasteiger partial charge is 0.250 e. The molecule has 1 heterocycles. The van der Waals surface area contributed by atoms with Crippen LogP contribution < -0.4 is 0 Å². The molecule has 0 saturated carbocycles. The number of halogens is 1. The van der Waals surface area contributed by atoms with Crippen molar-refractivity contribution in [3.8, 4) is 0 Å². The normalized spacial score (nSPS) is 9.08. The molecule has 0 aliphatic heterocycles. The van der Waals surface area contributed by atoms with Crippen molar-refractivity contribution in [2.45, 2.75) is 24.8 Å². The van der Waals surface area contributed by atoms with Crippen LogP contribution in [0, 0.1) is 0 Å². The zero-order chi connectivity index (χ0) is 7.94. The zero-order valence-corrected chi connectivity index (χ0v) is 9.72. The van der Waals surface area contributed by atoms with E-state index in [1.54, 1.807) is 0 Å². The van der Waals surface area contributed by atoms with Gasteiger partial charge in [-0.15, -0.1) is 28.7 Å². The van der Waals surface area contributed by atoms with Crippen LogP contribution in [-0.2, 0) is 0 Å². The van der Waals surface area contributed by atoms with Crippen molar-refractivity contribution >= 4 is 28.7 Å². The summed E-state index contributed by atoms with van der Waals surface area (Å²) in [5.74, 6) is 1.19. The first kappa shape index (κ1) is 12.0. The van der Waals surface area contributed by atoms with Crippen molar-refractivity contribution < 1.29 is 0 Å². The lowest BCUT2D eigenvalue weighted by Gasteiger charge is -1.96. The van der Waals surface area contributed by atoms with Gasteiger partial charge < -0.3 is 0 Å². The van der Waals surface area contributed by atoms with Crippen LogP contribution in [-0.4, -0.2) is 10.7 Å². The van der Waals surface area contributed by atoms with Gasteiger partial charge in [-0.3, -0.25) is 0 Å². The van der Waals surface area contributed by atoms with Crippen LogP contribution >= 0.6 is 28.7 Å². The van der Waals surface area contributed by atoms with E-state index in [1.807, 2.05) is 30.1 Å². The Morgan fingerprint density at radius 3 is 2.83 bits per heavy atom. The van der Waals surface area contributed by atoms with E-state index >= 15 is 0 Å². The summed E-state index contributed by atoms with van der Waals surface area (Å²) in [7, 11) is 0. The SMILES string of the molecule is Br.CCCCSc1ccccn1. The van der Waals surface area contributed by atoms with Gasteiger partial charge in [-0.25, -0.2) is 4.98 Å². The first-order valence-corrected chi connectivity index (χ1v) is 4.96. The van der Waals surface area contributed by atoms with Crippen LogP contribution in [0.3, 0.4) is 0 Å². The van der Waals surface area contributed by atoms with E-state index < -0.39 is 0 Å². The highest BCUT2D eigenvalue weighted by molar-refractivity contribution is 8.93. The van der Waals surface area contributed by atoms with Crippen molar-refractivity contribution in [3.05, 3.63) is 24.4 Å². The van der Waals surface area contributed by atoms with Gasteiger partial charge in [0.2, 0.25) is 0 Å². The third-order valence-electron chi connectivity index (χ3n) is 1.39. The molecule has 1 aromatic heterocycles. The van der Waals surface area contributed by atoms with Crippen LogP contribution in [0.5, 0.6) is 0 Å². The molecule has 1 rings (SSSR count). The molecule has 0 aromatic carbocycles. The van der Waals surface area contributed by atoms with Gasteiger partial charge in [0.05, 0.1) is 5.03 Å². The Kier molecular flexibility index (Phi) is 7.61. The first-order chi connectivity index (χ1) is 5.43. The number of thioether (sulfide) groups is 1. The molecule has 0 radical (unpaired) electrons. The zero-order valence-electron chi connectivity index (χ0n) is 7.19. The second-order valence-electron chi connectivity index (χ2n) is 2.37. The monoisotopic (exact) mass is 247 g/mol. The number of nitrogens with zero attached hydrogens (tertiary/aromatic N) is 1. The molecule has 0 unspecified atom stereocenters. The molecular formula is C9H14BrNS. The van der Waals surface area contributed by atoms with E-state index in [4.69, 9.17) is 0 Å². The van der Waals surface area contributed by atoms with Gasteiger partial charge in [-0.1, -0.05) is 19.4 Å². The van der Waals surface area contributed by atoms with Gasteiger partial charge in [-0.2, -0.15) is 0 Å². The maximum absolute atomic E-state index is 4.21. The Bertz CT molecular complexity index is 191. The smallest absolute Gasteiger partial charge is 0.0959 e. The predicted octanol–water partition coefficient (Wildman–Crippen LogP) is 3.55. The van der Waals surface area contributed by atoms with Crippen LogP contribution in [0.15, 0.2) is 29.4 Å². The van der Waals surface area contributed by atoms with Crippen LogP contribution in [0.4, 0.5) is 0 Å². The fraction of sp³-hybridized carbons (Fsp3) is 0.444. The number of hydrogen-bond acceptors (Lipinski definition) is 2. The lowest BCUT2D eigenvalue weighted by molar-refractivity contribution is 0.894. The average molecular weight is 248 g/mol. The molecule has 0 saturated heterocycles. The van der Waals surface area contributed by atoms with Gasteiger partial charge in [0, 0.05) is 6.20 Å². The van der Waals surface area contributed by atoms with Gasteiger partial charge in [0.25, 0.3) is 0 Å². The minimum absolute atomic E-state index is 0. The summed E-state index contributed by atoms with van der Waals surface area (Å²) in [5, 5.41) is 1.14. The van der Waals surface area contributed by atoms with Gasteiger partial charge in [-0.05, 0) is 24.3 Å². The highest BCUT2D eigenvalue weighted by atomic mass is 79.9. The van der Waals surface area contributed by atoms with E-state index in [-0.39, 0.29) is 17.0 Å². The predicted molar refractivity (Wildman–Crippen MR) is 60.2 cm³/mol. The highest BCUT2D eigenvalue weighted by Gasteiger charge is 1.91. The maximum Gasteiger partial charge on any atom is 0.0959 e. The third kappa shape index (κ3) is 4.78. The summed E-state index contributed by atoms with van der Waals surface area (Å²) >= 11 is 1.83. The Labute approximate surface area is 88.7 Å². The summed E-state index contributed by atoms with van der Waals surface area (Å²) in [5.41, 5.74) is 0. The Hall–Kier alpha value is -0.0200. The van der Waals surface area contributed by atoms with Crippen molar-refractivity contribution in [2.75, 3.05) is 5.75 Å². The second-order valence-corrected chi connectivity index (χ2v) is 3.49. The molecule has 0 amide bonds. The summed E-state index contributed by atoms with van der Waals surface area (Å²) in [6.45, 7) is 2.21. The van der Waals surface area contributed by atoms with Crippen molar-refractivity contribution in [1.29, 1.82) is 0 Å². The summed E-state index contributed by atoms with van der Waals surface area (Å²) in [6.07, 6.45) is 4.38. The van der Waals surface area contributed by atoms with Crippen LogP contribution in [0.1, 0.15) is 19.8 Å². The molecule has 0 atom stereocenters. The molecule has 1 nitrogen and oxygen atoms in total. The van der Waals surface area contributed by atoms with Crippen LogP contribution in [0.2, 0.25) is 0 Å². The van der Waals surface area contributed by atoms with Crippen molar-refractivity contribution in [3.63, 3.8) is 0 Å². The van der Waals surface area contributed by atoms with E-state index in [0.29, 0.717) is 0 Å². The number of pyridine rings is 1. The second kappa shape index (κ2) is 7.62. The quantitative estimate of drug-likeness (QED) is 0.597. The summed E-state index contributed by atoms with van der Waals surface area (Å²) < 4.78 is 0. The summed E-state index contributed by atoms with van der Waals surface area (Å²) in [4.78, 5) is 4.21. The number of aromatic nitrogens is 1. The maximum atomic E-state index is 4.21. The molecule has 0 fully saturated rings. The molecule has 0 aliphatic carbocycles. The number of unbranched alkanes of at least 4 members (excludes halogenated alkanes) is 1. The molecule has 0 spiro atoms. The molecule has 0 aliphatic rings. The highest BCUT2D eigenvalue weighted by Crippen LogP contribution is 2.15. The minimum Gasteiger partial charge on any atom is -0.250 e. The van der Waals surface area contributed by atoms with Gasteiger partial charge in [0.1, 0.15) is 0 Å². The molecule has 0 bridgehead atoms. The average Bonchev–Trinajstić information content (AvgIpc) is 2.07. The Balaban J connectivity index is 0.00000121. The van der Waals surface area contributed by atoms with E-state index in [2.05, 4.69) is 18.0 Å². The minimum atomic E-state index is 0. The van der Waals surface area contributed by atoms with E-state index in [9.17, 15) is 0 Å². The lowest BCUT2D eigenvalue weighted by Crippen LogP contribution is -1.80. The lowest BCUT2D eigenvalue weighted by atomic mass is 10.4. The first-order valence-electron chi connectivity index (χ1n) is 3.97. The molecule has 0 N–H and O–H groups in total. The molecule has 68 valence electrons. The fourth-order valence-electron chi connectivity index (χ4n) is 0.754. The number of rotatable bonds is 4. The molecular weight excluding hydrogens is 234 g/mol. The molecule has 12 heavy (non-hydrogen) atoms. The van der Waals surface area contributed by atoms with E-state index in [1.165, 1.54) is 18.6 Å².